The number of halogens is 4. The Morgan fingerprint density at radius 1 is 1.05 bits per heavy atom. The number of aromatic nitrogens is 2. The summed E-state index contributed by atoms with van der Waals surface area (Å²) in [5.41, 5.74) is 1.94. The van der Waals surface area contributed by atoms with E-state index < -0.39 is 12.1 Å². The van der Waals surface area contributed by atoms with Crippen molar-refractivity contribution in [2.75, 3.05) is 32.8 Å². The number of likely N-dealkylation sites (tertiary alicyclic amines) is 1. The summed E-state index contributed by atoms with van der Waals surface area (Å²) >= 11 is 6.06. The zero-order valence-corrected chi connectivity index (χ0v) is 24.2. The van der Waals surface area contributed by atoms with E-state index in [4.69, 9.17) is 31.3 Å². The van der Waals surface area contributed by atoms with E-state index in [0.29, 0.717) is 43.1 Å². The van der Waals surface area contributed by atoms with E-state index in [2.05, 4.69) is 10.2 Å². The van der Waals surface area contributed by atoms with Crippen molar-refractivity contribution >= 4 is 34.2 Å². The highest BCUT2D eigenvalue weighted by molar-refractivity contribution is 6.30. The van der Waals surface area contributed by atoms with Crippen molar-refractivity contribution < 1.29 is 32.6 Å². The molecule has 1 amide bonds. The lowest BCUT2D eigenvalue weighted by molar-refractivity contribution is -0.192. The maximum atomic E-state index is 13.3. The van der Waals surface area contributed by atoms with Gasteiger partial charge in [0, 0.05) is 55.1 Å². The number of nitrogens with one attached hydrogen (secondary N) is 1. The molecule has 0 bridgehead atoms. The van der Waals surface area contributed by atoms with Crippen molar-refractivity contribution in [1.29, 1.82) is 0 Å². The standard InChI is InChI=1S/C28H33ClN4O3.C2HF3O2/c29-22-9-7-20(8-10-22)18-26-24-5-1-2-6-25(24)28(35)33(31-26)19-23-4-3-14-32(23)15-13-30-27(34)21-11-16-36-17-12-21;3-2(4,5)1(6)7/h1-2,5-10,21,23H,3-4,11-19H2,(H,30,34);(H,6,7)/t23-;/m1./s1. The highest BCUT2D eigenvalue weighted by atomic mass is 35.5. The lowest BCUT2D eigenvalue weighted by Crippen LogP contribution is -2.43. The van der Waals surface area contributed by atoms with Gasteiger partial charge in [-0.15, -0.1) is 0 Å². The minimum atomic E-state index is -5.08. The molecule has 0 unspecified atom stereocenters. The number of fused-ring (bicyclic) bond motifs is 1. The molecule has 0 aliphatic carbocycles. The van der Waals surface area contributed by atoms with Gasteiger partial charge in [-0.25, -0.2) is 9.48 Å². The Bertz CT molecular complexity index is 1460. The average molecular weight is 623 g/mol. The zero-order chi connectivity index (χ0) is 31.0. The van der Waals surface area contributed by atoms with E-state index in [1.54, 1.807) is 4.68 Å². The molecule has 2 N–H and O–H groups in total. The molecule has 3 aromatic rings. The number of aliphatic carboxylic acids is 1. The monoisotopic (exact) mass is 622 g/mol. The molecule has 1 aromatic heterocycles. The van der Waals surface area contributed by atoms with E-state index >= 15 is 0 Å². The smallest absolute Gasteiger partial charge is 0.475 e. The van der Waals surface area contributed by atoms with Crippen LogP contribution in [0.4, 0.5) is 13.2 Å². The van der Waals surface area contributed by atoms with Crippen molar-refractivity contribution in [3.05, 3.63) is 75.2 Å². The van der Waals surface area contributed by atoms with Crippen LogP contribution in [0.2, 0.25) is 5.02 Å². The molecule has 0 spiro atoms. The Labute approximate surface area is 251 Å². The molecule has 0 saturated carbocycles. The van der Waals surface area contributed by atoms with E-state index in [9.17, 15) is 22.8 Å². The SMILES string of the molecule is O=C(NCCN1CCC[C@@H]1Cn1nc(Cc2ccc(Cl)cc2)c2ccccc2c1=O)C1CCOCC1.O=C(O)C(F)(F)F. The van der Waals surface area contributed by atoms with E-state index in [-0.39, 0.29) is 23.4 Å². The fourth-order valence-electron chi connectivity index (χ4n) is 5.38. The van der Waals surface area contributed by atoms with Gasteiger partial charge in [0.25, 0.3) is 5.56 Å². The largest absolute Gasteiger partial charge is 0.490 e. The maximum Gasteiger partial charge on any atom is 0.490 e. The minimum absolute atomic E-state index is 0.0508. The summed E-state index contributed by atoms with van der Waals surface area (Å²) in [6.07, 6.45) is -0.759. The van der Waals surface area contributed by atoms with Crippen LogP contribution in [0, 0.1) is 5.92 Å². The quantitative estimate of drug-likeness (QED) is 0.386. The van der Waals surface area contributed by atoms with Crippen LogP contribution in [0.3, 0.4) is 0 Å². The summed E-state index contributed by atoms with van der Waals surface area (Å²) < 4.78 is 38.7. The molecule has 2 aliphatic heterocycles. The van der Waals surface area contributed by atoms with Crippen molar-refractivity contribution in [3.8, 4) is 0 Å². The number of amides is 1. The van der Waals surface area contributed by atoms with E-state index in [1.807, 2.05) is 48.5 Å². The number of nitrogens with zero attached hydrogens (tertiary/aromatic N) is 3. The number of hydrogen-bond acceptors (Lipinski definition) is 6. The summed E-state index contributed by atoms with van der Waals surface area (Å²) in [7, 11) is 0. The fraction of sp³-hybridized carbons (Fsp3) is 0.467. The first-order valence-electron chi connectivity index (χ1n) is 14.2. The summed E-state index contributed by atoms with van der Waals surface area (Å²) in [6, 6.07) is 15.7. The number of carbonyl (C=O) groups excluding carboxylic acids is 1. The summed E-state index contributed by atoms with van der Waals surface area (Å²) in [6.45, 7) is 4.25. The number of carboxylic acids is 1. The molecule has 2 aromatic carbocycles. The molecule has 232 valence electrons. The van der Waals surface area contributed by atoms with Gasteiger partial charge in [0.05, 0.1) is 17.6 Å². The zero-order valence-electron chi connectivity index (χ0n) is 23.5. The second-order valence-corrected chi connectivity index (χ2v) is 11.0. The third-order valence-electron chi connectivity index (χ3n) is 7.64. The number of alkyl halides is 3. The highest BCUT2D eigenvalue weighted by Crippen LogP contribution is 2.21. The second-order valence-electron chi connectivity index (χ2n) is 10.6. The number of rotatable bonds is 8. The van der Waals surface area contributed by atoms with E-state index in [1.165, 1.54) is 0 Å². The van der Waals surface area contributed by atoms with Crippen LogP contribution < -0.4 is 10.9 Å². The average Bonchev–Trinajstić information content (AvgIpc) is 3.43. The molecule has 2 aliphatic rings. The number of carbonyl (C=O) groups is 2. The van der Waals surface area contributed by atoms with Gasteiger partial charge in [0.2, 0.25) is 5.91 Å². The third kappa shape index (κ3) is 9.01. The molecule has 2 fully saturated rings. The number of benzene rings is 2. The Morgan fingerprint density at radius 2 is 1.70 bits per heavy atom. The first-order valence-corrected chi connectivity index (χ1v) is 14.5. The Kier molecular flexibility index (Phi) is 11.2. The lowest BCUT2D eigenvalue weighted by Gasteiger charge is -2.26. The van der Waals surface area contributed by atoms with Crippen LogP contribution in [0.15, 0.2) is 53.3 Å². The van der Waals surface area contributed by atoms with Crippen LogP contribution in [-0.4, -0.2) is 76.7 Å². The Hall–Kier alpha value is -3.48. The third-order valence-corrected chi connectivity index (χ3v) is 7.90. The van der Waals surface area contributed by atoms with Gasteiger partial charge in [-0.05, 0) is 56.0 Å². The molecule has 3 heterocycles. The first-order chi connectivity index (χ1) is 20.5. The summed E-state index contributed by atoms with van der Waals surface area (Å²) in [5, 5.41) is 17.4. The lowest BCUT2D eigenvalue weighted by atomic mass is 9.99. The topological polar surface area (TPSA) is 114 Å². The summed E-state index contributed by atoms with van der Waals surface area (Å²) in [5.74, 6) is -2.56. The second kappa shape index (κ2) is 14.8. The molecule has 9 nitrogen and oxygen atoms in total. The van der Waals surface area contributed by atoms with Gasteiger partial charge in [-0.2, -0.15) is 18.3 Å². The molecule has 13 heteroatoms. The minimum Gasteiger partial charge on any atom is -0.475 e. The molecule has 1 atom stereocenters. The van der Waals surface area contributed by atoms with Crippen molar-refractivity contribution in [1.82, 2.24) is 20.0 Å². The predicted molar refractivity (Wildman–Crippen MR) is 155 cm³/mol. The van der Waals surface area contributed by atoms with Crippen LogP contribution >= 0.6 is 11.6 Å². The summed E-state index contributed by atoms with van der Waals surface area (Å²) in [4.78, 5) is 37.1. The highest BCUT2D eigenvalue weighted by Gasteiger charge is 2.38. The van der Waals surface area contributed by atoms with Gasteiger partial charge < -0.3 is 15.2 Å². The predicted octanol–water partition coefficient (Wildman–Crippen LogP) is 4.28. The van der Waals surface area contributed by atoms with Crippen LogP contribution in [0.25, 0.3) is 10.8 Å². The number of carboxylic acid groups (broad SMARTS) is 1. The van der Waals surface area contributed by atoms with Crippen molar-refractivity contribution in [3.63, 3.8) is 0 Å². The molecule has 2 saturated heterocycles. The Morgan fingerprint density at radius 3 is 2.35 bits per heavy atom. The van der Waals surface area contributed by atoms with Gasteiger partial charge in [-0.3, -0.25) is 14.5 Å². The normalized spacial score (nSPS) is 17.8. The molecule has 0 radical (unpaired) electrons. The van der Waals surface area contributed by atoms with Gasteiger partial charge >= 0.3 is 12.1 Å². The first kappa shape index (κ1) is 32.4. The maximum absolute atomic E-state index is 13.3. The van der Waals surface area contributed by atoms with Crippen LogP contribution in [0.5, 0.6) is 0 Å². The van der Waals surface area contributed by atoms with Crippen molar-refractivity contribution in [2.45, 2.75) is 50.9 Å². The molecule has 5 rings (SSSR count). The van der Waals surface area contributed by atoms with E-state index in [0.717, 1.165) is 55.4 Å². The van der Waals surface area contributed by atoms with Gasteiger partial charge in [0.15, 0.2) is 0 Å². The molecule has 43 heavy (non-hydrogen) atoms. The fourth-order valence-corrected chi connectivity index (χ4v) is 5.50. The number of hydrogen-bond donors (Lipinski definition) is 2. The molecular weight excluding hydrogens is 589 g/mol. The van der Waals surface area contributed by atoms with Gasteiger partial charge in [-0.1, -0.05) is 41.9 Å². The Balaban J connectivity index is 0.000000541. The van der Waals surface area contributed by atoms with Crippen LogP contribution in [0.1, 0.15) is 36.9 Å². The number of ether oxygens (including phenoxy) is 1. The molecular formula is C30H34ClF3N4O5. The van der Waals surface area contributed by atoms with Crippen LogP contribution in [-0.2, 0) is 27.3 Å². The van der Waals surface area contributed by atoms with Crippen molar-refractivity contribution in [2.24, 2.45) is 5.92 Å². The van der Waals surface area contributed by atoms with Gasteiger partial charge in [0.1, 0.15) is 0 Å².